The molecule has 0 radical (unpaired) electrons. The fourth-order valence-corrected chi connectivity index (χ4v) is 8.46. The lowest BCUT2D eigenvalue weighted by Crippen LogP contribution is -2.16. The molecular formula is C44H39ClN6O7S. The summed E-state index contributed by atoms with van der Waals surface area (Å²) < 4.78 is 45.7. The SMILES string of the molecule is CCOC(=O)c1nn(-c2ccc(C)cc2)c(C)c1C(=O)c1nn(-c2ccc(Cl)cc2)c(-c2c(C(=O)OCC)nn(-c3ccc(C)cc3)c2C)c1S(=O)(=O)c1ccccc1. The van der Waals surface area contributed by atoms with E-state index in [1.165, 1.54) is 26.2 Å². The molecule has 0 atom stereocenters. The number of carbonyl (C=O) groups excluding carboxylic acids is 3. The molecule has 4 aromatic carbocycles. The summed E-state index contributed by atoms with van der Waals surface area (Å²) >= 11 is 6.33. The molecule has 0 spiro atoms. The van der Waals surface area contributed by atoms with Gasteiger partial charge >= 0.3 is 11.9 Å². The number of halogens is 1. The number of ketones is 1. The van der Waals surface area contributed by atoms with Crippen LogP contribution in [0.5, 0.6) is 0 Å². The van der Waals surface area contributed by atoms with E-state index in [1.54, 1.807) is 82.3 Å². The number of aryl methyl sites for hydroxylation is 2. The maximum absolute atomic E-state index is 15.4. The highest BCUT2D eigenvalue weighted by Crippen LogP contribution is 2.41. The van der Waals surface area contributed by atoms with Crippen LogP contribution in [0.3, 0.4) is 0 Å². The van der Waals surface area contributed by atoms with Crippen molar-refractivity contribution in [2.45, 2.75) is 51.3 Å². The van der Waals surface area contributed by atoms with Crippen molar-refractivity contribution in [3.05, 3.63) is 153 Å². The fraction of sp³-hybridized carbons (Fsp3) is 0.182. The van der Waals surface area contributed by atoms with Gasteiger partial charge in [-0.2, -0.15) is 15.3 Å². The first-order chi connectivity index (χ1) is 28.3. The molecule has 59 heavy (non-hydrogen) atoms. The summed E-state index contributed by atoms with van der Waals surface area (Å²) in [6, 6.07) is 28.6. The summed E-state index contributed by atoms with van der Waals surface area (Å²) in [7, 11) is -4.70. The minimum Gasteiger partial charge on any atom is -0.461 e. The van der Waals surface area contributed by atoms with Crippen LogP contribution in [-0.2, 0) is 19.3 Å². The van der Waals surface area contributed by atoms with Crippen molar-refractivity contribution in [2.75, 3.05) is 13.2 Å². The van der Waals surface area contributed by atoms with Crippen LogP contribution in [0, 0.1) is 27.7 Å². The molecule has 0 aliphatic carbocycles. The zero-order chi connectivity index (χ0) is 42.2. The minimum atomic E-state index is -4.70. The highest BCUT2D eigenvalue weighted by atomic mass is 35.5. The number of esters is 2. The molecular weight excluding hydrogens is 792 g/mol. The Balaban J connectivity index is 1.63. The van der Waals surface area contributed by atoms with E-state index in [-0.39, 0.29) is 52.0 Å². The Kier molecular flexibility index (Phi) is 11.2. The predicted molar refractivity (Wildman–Crippen MR) is 221 cm³/mol. The van der Waals surface area contributed by atoms with Crippen LogP contribution < -0.4 is 0 Å². The number of ether oxygens (including phenoxy) is 2. The molecule has 0 saturated carbocycles. The van der Waals surface area contributed by atoms with Crippen molar-refractivity contribution in [2.24, 2.45) is 0 Å². The van der Waals surface area contributed by atoms with Gasteiger partial charge in [0.1, 0.15) is 4.90 Å². The summed E-state index contributed by atoms with van der Waals surface area (Å²) in [5.74, 6) is -2.67. The van der Waals surface area contributed by atoms with Crippen LogP contribution in [-0.4, -0.2) is 68.7 Å². The van der Waals surface area contributed by atoms with Gasteiger partial charge in [0.25, 0.3) is 0 Å². The molecule has 15 heteroatoms. The second kappa shape index (κ2) is 16.3. The number of sulfone groups is 1. The van der Waals surface area contributed by atoms with E-state index in [0.29, 0.717) is 27.8 Å². The first kappa shape index (κ1) is 40.6. The van der Waals surface area contributed by atoms with Crippen molar-refractivity contribution < 1.29 is 32.3 Å². The maximum Gasteiger partial charge on any atom is 0.359 e. The highest BCUT2D eigenvalue weighted by molar-refractivity contribution is 7.91. The van der Waals surface area contributed by atoms with Crippen LogP contribution in [0.25, 0.3) is 28.3 Å². The number of hydrogen-bond acceptors (Lipinski definition) is 10. The Morgan fingerprint density at radius 2 is 1.05 bits per heavy atom. The van der Waals surface area contributed by atoms with Crippen molar-refractivity contribution in [1.82, 2.24) is 29.3 Å². The van der Waals surface area contributed by atoms with Crippen molar-refractivity contribution in [3.8, 4) is 28.3 Å². The smallest absolute Gasteiger partial charge is 0.359 e. The van der Waals surface area contributed by atoms with Gasteiger partial charge < -0.3 is 9.47 Å². The van der Waals surface area contributed by atoms with Gasteiger partial charge in [-0.1, -0.05) is 65.2 Å². The maximum atomic E-state index is 15.4. The predicted octanol–water partition coefficient (Wildman–Crippen LogP) is 8.21. The molecule has 13 nitrogen and oxygen atoms in total. The lowest BCUT2D eigenvalue weighted by atomic mass is 10.0. The standard InChI is InChI=1S/C44H39ClN6O7S/c1-7-57-43(53)37-35(28(5)49(46-37)31-20-14-26(3)15-21-31)40-42(59(55,56)34-12-10-9-11-13-34)39(48-51(40)33-24-18-30(45)19-25-33)41(52)36-29(6)50(32-22-16-27(4)17-23-32)47-38(36)44(54)58-8-2/h9-25H,7-8H2,1-6H3. The first-order valence-electron chi connectivity index (χ1n) is 18.7. The van der Waals surface area contributed by atoms with E-state index in [1.807, 2.05) is 50.2 Å². The molecule has 0 unspecified atom stereocenters. The van der Waals surface area contributed by atoms with E-state index in [2.05, 4.69) is 5.10 Å². The van der Waals surface area contributed by atoms with E-state index >= 15 is 13.2 Å². The second-order valence-electron chi connectivity index (χ2n) is 13.6. The van der Waals surface area contributed by atoms with E-state index in [0.717, 1.165) is 11.1 Å². The van der Waals surface area contributed by atoms with Crippen LogP contribution in [0.2, 0.25) is 5.02 Å². The Bertz CT molecular complexity index is 2840. The van der Waals surface area contributed by atoms with Gasteiger partial charge in [0.15, 0.2) is 17.1 Å². The van der Waals surface area contributed by atoms with Gasteiger partial charge in [-0.25, -0.2) is 32.1 Å². The largest absolute Gasteiger partial charge is 0.461 e. The van der Waals surface area contributed by atoms with Gasteiger partial charge in [-0.15, -0.1) is 0 Å². The number of nitrogens with zero attached hydrogens (tertiary/aromatic N) is 6. The average molecular weight is 831 g/mol. The Morgan fingerprint density at radius 1 is 0.593 bits per heavy atom. The van der Waals surface area contributed by atoms with E-state index in [9.17, 15) is 9.59 Å². The van der Waals surface area contributed by atoms with Crippen LogP contribution in [0.15, 0.2) is 113 Å². The molecule has 0 N–H and O–H groups in total. The molecule has 0 amide bonds. The Morgan fingerprint density at radius 3 is 1.59 bits per heavy atom. The van der Waals surface area contributed by atoms with Crippen molar-refractivity contribution in [3.63, 3.8) is 0 Å². The molecule has 0 aliphatic rings. The number of aromatic nitrogens is 6. The topological polar surface area (TPSA) is 157 Å². The number of carbonyl (C=O) groups is 3. The molecule has 0 fully saturated rings. The quantitative estimate of drug-likeness (QED) is 0.0868. The normalized spacial score (nSPS) is 11.4. The zero-order valence-corrected chi connectivity index (χ0v) is 34.6. The van der Waals surface area contributed by atoms with Crippen molar-refractivity contribution >= 4 is 39.2 Å². The monoisotopic (exact) mass is 830 g/mol. The van der Waals surface area contributed by atoms with Crippen molar-refractivity contribution in [1.29, 1.82) is 0 Å². The molecule has 0 bridgehead atoms. The van der Waals surface area contributed by atoms with Crippen LogP contribution in [0.1, 0.15) is 73.4 Å². The number of hydrogen-bond donors (Lipinski definition) is 0. The zero-order valence-electron chi connectivity index (χ0n) is 33.1. The summed E-state index contributed by atoms with van der Waals surface area (Å²) in [6.45, 7) is 10.4. The van der Waals surface area contributed by atoms with Gasteiger partial charge in [-0.05, 0) is 102 Å². The average Bonchev–Trinajstić information content (AvgIpc) is 3.90. The molecule has 7 rings (SSSR count). The molecule has 3 heterocycles. The summed E-state index contributed by atoms with van der Waals surface area (Å²) in [6.07, 6.45) is 0. The third-order valence-electron chi connectivity index (χ3n) is 9.64. The highest BCUT2D eigenvalue weighted by Gasteiger charge is 2.41. The molecule has 7 aromatic rings. The fourth-order valence-electron chi connectivity index (χ4n) is 6.75. The Hall–Kier alpha value is -6.64. The third kappa shape index (κ3) is 7.48. The lowest BCUT2D eigenvalue weighted by molar-refractivity contribution is 0.0508. The number of rotatable bonds is 12. The molecule has 300 valence electrons. The Labute approximate surface area is 345 Å². The van der Waals surface area contributed by atoms with E-state index < -0.39 is 38.1 Å². The van der Waals surface area contributed by atoms with Crippen LogP contribution >= 0.6 is 11.6 Å². The minimum absolute atomic E-state index is 0.00898. The van der Waals surface area contributed by atoms with Gasteiger partial charge in [0, 0.05) is 5.02 Å². The summed E-state index contributed by atoms with van der Waals surface area (Å²) in [5.41, 5.74) is 2.48. The number of benzene rings is 4. The molecule has 3 aromatic heterocycles. The van der Waals surface area contributed by atoms with E-state index in [4.69, 9.17) is 31.3 Å². The van der Waals surface area contributed by atoms with Gasteiger partial charge in [0.05, 0.1) is 63.4 Å². The summed E-state index contributed by atoms with van der Waals surface area (Å²) in [5, 5.41) is 14.4. The molecule has 0 aliphatic heterocycles. The van der Waals surface area contributed by atoms with Gasteiger partial charge in [0.2, 0.25) is 15.6 Å². The third-order valence-corrected chi connectivity index (χ3v) is 11.7. The van der Waals surface area contributed by atoms with Crippen LogP contribution in [0.4, 0.5) is 0 Å². The molecule has 0 saturated heterocycles. The first-order valence-corrected chi connectivity index (χ1v) is 20.5. The van der Waals surface area contributed by atoms with Gasteiger partial charge in [-0.3, -0.25) is 4.79 Å². The second-order valence-corrected chi connectivity index (χ2v) is 15.9. The summed E-state index contributed by atoms with van der Waals surface area (Å²) in [4.78, 5) is 42.3. The lowest BCUT2D eigenvalue weighted by Gasteiger charge is -2.13.